The third kappa shape index (κ3) is 2.63. The van der Waals surface area contributed by atoms with E-state index in [0.29, 0.717) is 17.4 Å². The summed E-state index contributed by atoms with van der Waals surface area (Å²) in [4.78, 5) is 16.2. The van der Waals surface area contributed by atoms with Gasteiger partial charge in [-0.25, -0.2) is 4.79 Å². The second-order valence-electron chi connectivity index (χ2n) is 5.82. The maximum absolute atomic E-state index is 11.8. The van der Waals surface area contributed by atoms with Gasteiger partial charge in [0.25, 0.3) is 0 Å². The van der Waals surface area contributed by atoms with E-state index in [-0.39, 0.29) is 12.1 Å². The molecule has 0 radical (unpaired) electrons. The molecular formula is C16H21ClN2O3. The number of alkyl halides is 1. The normalized spacial score (nSPS) is 23.8. The standard InChI is InChI=1S/C16H21ClN2O3/c1-18-13-4-3-12(16(20)21-2)7-14(13)19(15(18)8-17)9-11-5-6-22-10-11/h3-4,7,11,15H,5-6,8-10H2,1-2H3/t11-,15?/m1/s1. The summed E-state index contributed by atoms with van der Waals surface area (Å²) in [5, 5.41) is 0. The smallest absolute Gasteiger partial charge is 0.337 e. The van der Waals surface area contributed by atoms with Crippen molar-refractivity contribution in [2.45, 2.75) is 12.6 Å². The molecule has 0 aliphatic carbocycles. The van der Waals surface area contributed by atoms with E-state index in [9.17, 15) is 4.79 Å². The molecule has 1 unspecified atom stereocenters. The van der Waals surface area contributed by atoms with Crippen molar-refractivity contribution in [3.8, 4) is 0 Å². The highest BCUT2D eigenvalue weighted by Gasteiger charge is 2.35. The van der Waals surface area contributed by atoms with Crippen molar-refractivity contribution in [2.75, 3.05) is 49.6 Å². The Bertz CT molecular complexity index is 560. The van der Waals surface area contributed by atoms with Gasteiger partial charge in [-0.05, 0) is 24.6 Å². The zero-order valence-electron chi connectivity index (χ0n) is 12.9. The Labute approximate surface area is 135 Å². The lowest BCUT2D eigenvalue weighted by atomic mass is 10.1. The number of anilines is 2. The molecule has 2 heterocycles. The van der Waals surface area contributed by atoms with Gasteiger partial charge >= 0.3 is 5.97 Å². The predicted molar refractivity (Wildman–Crippen MR) is 87.0 cm³/mol. The van der Waals surface area contributed by atoms with E-state index in [1.807, 2.05) is 19.2 Å². The van der Waals surface area contributed by atoms with Crippen LogP contribution < -0.4 is 9.80 Å². The SMILES string of the molecule is COC(=O)c1ccc2c(c1)N(C[C@H]1CCOC1)C(CCl)N2C. The van der Waals surface area contributed by atoms with Crippen molar-refractivity contribution in [2.24, 2.45) is 5.92 Å². The van der Waals surface area contributed by atoms with Crippen LogP contribution in [0.5, 0.6) is 0 Å². The van der Waals surface area contributed by atoms with Gasteiger partial charge in [-0.1, -0.05) is 0 Å². The number of methoxy groups -OCH3 is 1. The summed E-state index contributed by atoms with van der Waals surface area (Å²) in [5.74, 6) is 0.697. The van der Waals surface area contributed by atoms with Gasteiger partial charge in [0.05, 0.1) is 36.5 Å². The van der Waals surface area contributed by atoms with Crippen LogP contribution >= 0.6 is 11.6 Å². The third-order valence-corrected chi connectivity index (χ3v) is 4.79. The minimum Gasteiger partial charge on any atom is -0.465 e. The summed E-state index contributed by atoms with van der Waals surface area (Å²) in [6.07, 6.45) is 1.17. The van der Waals surface area contributed by atoms with Crippen molar-refractivity contribution in [1.82, 2.24) is 0 Å². The van der Waals surface area contributed by atoms with E-state index >= 15 is 0 Å². The van der Waals surface area contributed by atoms with Crippen LogP contribution in [-0.4, -0.2) is 51.9 Å². The number of benzene rings is 1. The Morgan fingerprint density at radius 2 is 2.27 bits per heavy atom. The first-order chi connectivity index (χ1) is 10.7. The van der Waals surface area contributed by atoms with E-state index in [1.165, 1.54) is 7.11 Å². The molecule has 5 nitrogen and oxygen atoms in total. The van der Waals surface area contributed by atoms with Crippen molar-refractivity contribution in [3.63, 3.8) is 0 Å². The molecule has 22 heavy (non-hydrogen) atoms. The molecule has 1 saturated heterocycles. The molecule has 1 aromatic rings. The van der Waals surface area contributed by atoms with Crippen LogP contribution in [-0.2, 0) is 9.47 Å². The topological polar surface area (TPSA) is 42.0 Å². The van der Waals surface area contributed by atoms with E-state index in [4.69, 9.17) is 21.1 Å². The second kappa shape index (κ2) is 6.34. The van der Waals surface area contributed by atoms with E-state index in [0.717, 1.165) is 37.6 Å². The second-order valence-corrected chi connectivity index (χ2v) is 6.13. The maximum atomic E-state index is 11.8. The Morgan fingerprint density at radius 1 is 1.45 bits per heavy atom. The van der Waals surface area contributed by atoms with Gasteiger partial charge in [0.15, 0.2) is 0 Å². The highest BCUT2D eigenvalue weighted by molar-refractivity contribution is 6.18. The van der Waals surface area contributed by atoms with Crippen LogP contribution in [0.4, 0.5) is 11.4 Å². The van der Waals surface area contributed by atoms with Crippen LogP contribution in [0.1, 0.15) is 16.8 Å². The lowest BCUT2D eigenvalue weighted by Crippen LogP contribution is -2.45. The maximum Gasteiger partial charge on any atom is 0.337 e. The van der Waals surface area contributed by atoms with E-state index in [2.05, 4.69) is 9.80 Å². The van der Waals surface area contributed by atoms with E-state index < -0.39 is 0 Å². The number of rotatable bonds is 4. The van der Waals surface area contributed by atoms with E-state index in [1.54, 1.807) is 6.07 Å². The summed E-state index contributed by atoms with van der Waals surface area (Å²) >= 11 is 6.20. The lowest BCUT2D eigenvalue weighted by molar-refractivity contribution is 0.0601. The Hall–Kier alpha value is -1.46. The van der Waals surface area contributed by atoms with Crippen LogP contribution in [0.15, 0.2) is 18.2 Å². The molecule has 3 rings (SSSR count). The zero-order valence-corrected chi connectivity index (χ0v) is 13.7. The number of fused-ring (bicyclic) bond motifs is 1. The molecule has 0 saturated carbocycles. The number of carbonyl (C=O) groups excluding carboxylic acids is 1. The molecule has 0 N–H and O–H groups in total. The first-order valence-corrected chi connectivity index (χ1v) is 8.04. The number of nitrogens with zero attached hydrogens (tertiary/aromatic N) is 2. The van der Waals surface area contributed by atoms with Gasteiger partial charge in [0.1, 0.15) is 6.17 Å². The molecular weight excluding hydrogens is 304 g/mol. The average Bonchev–Trinajstić information content (AvgIpc) is 3.14. The molecule has 2 aliphatic heterocycles. The van der Waals surface area contributed by atoms with Gasteiger partial charge in [-0.3, -0.25) is 0 Å². The molecule has 1 aromatic carbocycles. The first-order valence-electron chi connectivity index (χ1n) is 7.51. The Balaban J connectivity index is 1.92. The molecule has 0 bridgehead atoms. The monoisotopic (exact) mass is 324 g/mol. The lowest BCUT2D eigenvalue weighted by Gasteiger charge is -2.31. The van der Waals surface area contributed by atoms with Gasteiger partial charge < -0.3 is 19.3 Å². The van der Waals surface area contributed by atoms with Crippen molar-refractivity contribution in [1.29, 1.82) is 0 Å². The summed E-state index contributed by atoms with van der Waals surface area (Å²) in [7, 11) is 3.44. The fraction of sp³-hybridized carbons (Fsp3) is 0.562. The largest absolute Gasteiger partial charge is 0.465 e. The molecule has 0 aromatic heterocycles. The molecule has 2 atom stereocenters. The van der Waals surface area contributed by atoms with Crippen molar-refractivity contribution in [3.05, 3.63) is 23.8 Å². The fourth-order valence-electron chi connectivity index (χ4n) is 3.24. The summed E-state index contributed by atoms with van der Waals surface area (Å²) in [5.41, 5.74) is 2.71. The summed E-state index contributed by atoms with van der Waals surface area (Å²) in [6, 6.07) is 5.67. The number of hydrogen-bond acceptors (Lipinski definition) is 5. The Kier molecular flexibility index (Phi) is 4.45. The van der Waals surface area contributed by atoms with Gasteiger partial charge in [0, 0.05) is 26.1 Å². The minimum absolute atomic E-state index is 0.102. The highest BCUT2D eigenvalue weighted by Crippen LogP contribution is 2.40. The molecule has 6 heteroatoms. The third-order valence-electron chi connectivity index (χ3n) is 4.51. The number of carbonyl (C=O) groups is 1. The predicted octanol–water partition coefficient (Wildman–Crippen LogP) is 2.33. The van der Waals surface area contributed by atoms with Gasteiger partial charge in [-0.2, -0.15) is 0 Å². The molecule has 120 valence electrons. The van der Waals surface area contributed by atoms with Crippen LogP contribution in [0.3, 0.4) is 0 Å². The fourth-order valence-corrected chi connectivity index (χ4v) is 3.61. The van der Waals surface area contributed by atoms with Crippen molar-refractivity contribution >= 4 is 28.9 Å². The van der Waals surface area contributed by atoms with Crippen LogP contribution in [0, 0.1) is 5.92 Å². The van der Waals surface area contributed by atoms with Gasteiger partial charge in [0.2, 0.25) is 0 Å². The molecule has 2 aliphatic rings. The summed E-state index contributed by atoms with van der Waals surface area (Å²) < 4.78 is 10.3. The number of ether oxygens (including phenoxy) is 2. The number of halogens is 1. The molecule has 0 amide bonds. The van der Waals surface area contributed by atoms with Gasteiger partial charge in [-0.15, -0.1) is 11.6 Å². The molecule has 0 spiro atoms. The van der Waals surface area contributed by atoms with Crippen molar-refractivity contribution < 1.29 is 14.3 Å². The van der Waals surface area contributed by atoms with Crippen LogP contribution in [0.25, 0.3) is 0 Å². The summed E-state index contributed by atoms with van der Waals surface area (Å²) in [6.45, 7) is 2.51. The molecule has 1 fully saturated rings. The number of hydrogen-bond donors (Lipinski definition) is 0. The number of esters is 1. The zero-order chi connectivity index (χ0) is 15.7. The highest BCUT2D eigenvalue weighted by atomic mass is 35.5. The average molecular weight is 325 g/mol. The minimum atomic E-state index is -0.316. The Morgan fingerprint density at radius 3 is 2.91 bits per heavy atom. The first kappa shape index (κ1) is 15.4. The van der Waals surface area contributed by atoms with Crippen LogP contribution in [0.2, 0.25) is 0 Å². The quantitative estimate of drug-likeness (QED) is 0.628.